The Kier molecular flexibility index (Phi) is 3.14. The van der Waals surface area contributed by atoms with E-state index < -0.39 is 0 Å². The van der Waals surface area contributed by atoms with Gasteiger partial charge in [-0.05, 0) is 36.8 Å². The van der Waals surface area contributed by atoms with Gasteiger partial charge in [0.05, 0.1) is 0 Å². The van der Waals surface area contributed by atoms with Crippen LogP contribution >= 0.6 is 0 Å². The maximum Gasteiger partial charge on any atom is 0.255 e. The molecule has 0 fully saturated rings. The quantitative estimate of drug-likeness (QED) is 0.706. The smallest absolute Gasteiger partial charge is 0.255 e. The fraction of sp³-hybridized carbons (Fsp3) is 0.0769. The van der Waals surface area contributed by atoms with E-state index in [1.807, 2.05) is 6.92 Å². The van der Waals surface area contributed by atoms with Crippen molar-refractivity contribution in [2.75, 3.05) is 5.32 Å². The maximum absolute atomic E-state index is 11.9. The number of nitrogens with one attached hydrogen (secondary N) is 1. The zero-order chi connectivity index (χ0) is 13.1. The van der Waals surface area contributed by atoms with Gasteiger partial charge >= 0.3 is 0 Å². The Labute approximate surface area is 104 Å². The standard InChI is InChI=1S/C13H12N2O3/c1-8-7-14-5-4-10(8)15-13(18)9-2-3-11(16)12(17)6-9/h2-7,16-17H,1H3,(H,14,15,18). The molecule has 1 amide bonds. The van der Waals surface area contributed by atoms with Gasteiger partial charge in [-0.15, -0.1) is 0 Å². The SMILES string of the molecule is Cc1cnccc1NC(=O)c1ccc(O)c(O)c1. The molecular formula is C13H12N2O3. The van der Waals surface area contributed by atoms with Gasteiger partial charge in [-0.3, -0.25) is 9.78 Å². The number of aromatic hydroxyl groups is 2. The number of hydrogen-bond donors (Lipinski definition) is 3. The monoisotopic (exact) mass is 244 g/mol. The van der Waals surface area contributed by atoms with Crippen LogP contribution in [-0.2, 0) is 0 Å². The minimum absolute atomic E-state index is 0.258. The van der Waals surface area contributed by atoms with Crippen LogP contribution in [0.25, 0.3) is 0 Å². The third kappa shape index (κ3) is 2.40. The van der Waals surface area contributed by atoms with Gasteiger partial charge in [-0.1, -0.05) is 0 Å². The zero-order valence-electron chi connectivity index (χ0n) is 9.71. The average Bonchev–Trinajstić information content (AvgIpc) is 2.35. The molecule has 0 aliphatic carbocycles. The van der Waals surface area contributed by atoms with E-state index in [0.717, 1.165) is 5.56 Å². The number of aryl methyl sites for hydroxylation is 1. The fourth-order valence-electron chi connectivity index (χ4n) is 1.47. The van der Waals surface area contributed by atoms with E-state index in [0.29, 0.717) is 5.69 Å². The predicted octanol–water partition coefficient (Wildman–Crippen LogP) is 2.05. The van der Waals surface area contributed by atoms with Crippen LogP contribution in [0.4, 0.5) is 5.69 Å². The molecule has 92 valence electrons. The van der Waals surface area contributed by atoms with Crippen molar-refractivity contribution < 1.29 is 15.0 Å². The van der Waals surface area contributed by atoms with Crippen molar-refractivity contribution in [2.24, 2.45) is 0 Å². The molecule has 0 saturated carbocycles. The highest BCUT2D eigenvalue weighted by Gasteiger charge is 2.10. The van der Waals surface area contributed by atoms with Gasteiger partial charge < -0.3 is 15.5 Å². The molecule has 0 atom stereocenters. The first-order valence-corrected chi connectivity index (χ1v) is 5.32. The first kappa shape index (κ1) is 11.9. The summed E-state index contributed by atoms with van der Waals surface area (Å²) in [6.07, 6.45) is 3.22. The van der Waals surface area contributed by atoms with Crippen molar-refractivity contribution in [3.05, 3.63) is 47.8 Å². The largest absolute Gasteiger partial charge is 0.504 e. The van der Waals surface area contributed by atoms with Crippen LogP contribution in [0.5, 0.6) is 11.5 Å². The van der Waals surface area contributed by atoms with E-state index in [1.54, 1.807) is 18.5 Å². The Hall–Kier alpha value is -2.56. The highest BCUT2D eigenvalue weighted by molar-refractivity contribution is 6.04. The highest BCUT2D eigenvalue weighted by atomic mass is 16.3. The molecule has 5 nitrogen and oxygen atoms in total. The normalized spacial score (nSPS) is 10.1. The van der Waals surface area contributed by atoms with E-state index in [1.165, 1.54) is 18.2 Å². The van der Waals surface area contributed by atoms with Crippen molar-refractivity contribution in [1.82, 2.24) is 4.98 Å². The van der Waals surface area contributed by atoms with E-state index in [2.05, 4.69) is 10.3 Å². The van der Waals surface area contributed by atoms with Crippen LogP contribution in [-0.4, -0.2) is 21.1 Å². The summed E-state index contributed by atoms with van der Waals surface area (Å²) in [6, 6.07) is 5.60. The highest BCUT2D eigenvalue weighted by Crippen LogP contribution is 2.25. The van der Waals surface area contributed by atoms with Gasteiger partial charge in [-0.25, -0.2) is 0 Å². The molecule has 0 aliphatic rings. The van der Waals surface area contributed by atoms with Crippen LogP contribution in [0.3, 0.4) is 0 Å². The number of carbonyl (C=O) groups is 1. The summed E-state index contributed by atoms with van der Waals surface area (Å²) in [5.74, 6) is -0.944. The number of pyridine rings is 1. The lowest BCUT2D eigenvalue weighted by Gasteiger charge is -2.08. The second kappa shape index (κ2) is 4.75. The summed E-state index contributed by atoms with van der Waals surface area (Å²) in [4.78, 5) is 15.8. The summed E-state index contributed by atoms with van der Waals surface area (Å²) >= 11 is 0. The molecule has 3 N–H and O–H groups in total. The summed E-state index contributed by atoms with van der Waals surface area (Å²) in [6.45, 7) is 1.83. The van der Waals surface area contributed by atoms with E-state index >= 15 is 0 Å². The van der Waals surface area contributed by atoms with Crippen molar-refractivity contribution in [2.45, 2.75) is 6.92 Å². The molecule has 0 spiro atoms. The summed E-state index contributed by atoms with van der Waals surface area (Å²) in [5.41, 5.74) is 1.76. The third-order valence-corrected chi connectivity index (χ3v) is 2.51. The van der Waals surface area contributed by atoms with Crippen LogP contribution in [0.2, 0.25) is 0 Å². The average molecular weight is 244 g/mol. The number of phenolic OH excluding ortho intramolecular Hbond substituents is 2. The van der Waals surface area contributed by atoms with Gasteiger partial charge in [0.1, 0.15) is 0 Å². The molecule has 5 heteroatoms. The molecule has 0 radical (unpaired) electrons. The Morgan fingerprint density at radius 2 is 2.00 bits per heavy atom. The molecule has 0 saturated heterocycles. The molecule has 2 rings (SSSR count). The van der Waals surface area contributed by atoms with Gasteiger partial charge in [0.15, 0.2) is 11.5 Å². The van der Waals surface area contributed by atoms with Crippen molar-refractivity contribution in [1.29, 1.82) is 0 Å². The van der Waals surface area contributed by atoms with E-state index in [9.17, 15) is 9.90 Å². The minimum Gasteiger partial charge on any atom is -0.504 e. The Bertz CT molecular complexity index is 597. The second-order valence-corrected chi connectivity index (χ2v) is 3.85. The zero-order valence-corrected chi connectivity index (χ0v) is 9.71. The summed E-state index contributed by atoms with van der Waals surface area (Å²) < 4.78 is 0. The molecule has 1 heterocycles. The number of aromatic nitrogens is 1. The van der Waals surface area contributed by atoms with Crippen molar-refractivity contribution >= 4 is 11.6 Å². The van der Waals surface area contributed by atoms with E-state index in [4.69, 9.17) is 5.11 Å². The molecule has 18 heavy (non-hydrogen) atoms. The predicted molar refractivity (Wildman–Crippen MR) is 66.7 cm³/mol. The lowest BCUT2D eigenvalue weighted by molar-refractivity contribution is 0.102. The topological polar surface area (TPSA) is 82.5 Å². The lowest BCUT2D eigenvalue weighted by atomic mass is 10.1. The van der Waals surface area contributed by atoms with Crippen molar-refractivity contribution in [3.8, 4) is 11.5 Å². The number of carbonyl (C=O) groups excluding carboxylic acids is 1. The van der Waals surface area contributed by atoms with Crippen LogP contribution in [0.15, 0.2) is 36.7 Å². The van der Waals surface area contributed by atoms with Gasteiger partial charge in [0.25, 0.3) is 5.91 Å². The number of benzene rings is 1. The van der Waals surface area contributed by atoms with Gasteiger partial charge in [-0.2, -0.15) is 0 Å². The second-order valence-electron chi connectivity index (χ2n) is 3.85. The van der Waals surface area contributed by atoms with E-state index in [-0.39, 0.29) is 23.0 Å². The Morgan fingerprint density at radius 3 is 2.67 bits per heavy atom. The third-order valence-electron chi connectivity index (χ3n) is 2.51. The number of hydrogen-bond acceptors (Lipinski definition) is 4. The van der Waals surface area contributed by atoms with Crippen LogP contribution in [0.1, 0.15) is 15.9 Å². The molecule has 1 aromatic heterocycles. The Balaban J connectivity index is 2.22. The Morgan fingerprint density at radius 1 is 1.22 bits per heavy atom. The number of anilines is 1. The first-order chi connectivity index (χ1) is 8.58. The van der Waals surface area contributed by atoms with Crippen molar-refractivity contribution in [3.63, 3.8) is 0 Å². The summed E-state index contributed by atoms with van der Waals surface area (Å²) in [5, 5.41) is 21.2. The van der Waals surface area contributed by atoms with Gasteiger partial charge in [0.2, 0.25) is 0 Å². The number of rotatable bonds is 2. The first-order valence-electron chi connectivity index (χ1n) is 5.32. The minimum atomic E-state index is -0.361. The lowest BCUT2D eigenvalue weighted by Crippen LogP contribution is -2.12. The molecular weight excluding hydrogens is 232 g/mol. The molecule has 0 bridgehead atoms. The number of nitrogens with zero attached hydrogens (tertiary/aromatic N) is 1. The number of amides is 1. The van der Waals surface area contributed by atoms with Gasteiger partial charge in [0, 0.05) is 23.6 Å². The number of phenols is 2. The van der Waals surface area contributed by atoms with Crippen LogP contribution < -0.4 is 5.32 Å². The molecule has 0 aliphatic heterocycles. The fourth-order valence-corrected chi connectivity index (χ4v) is 1.47. The summed E-state index contributed by atoms with van der Waals surface area (Å²) in [7, 11) is 0. The molecule has 1 aromatic carbocycles. The molecule has 2 aromatic rings. The molecule has 0 unspecified atom stereocenters. The van der Waals surface area contributed by atoms with Crippen LogP contribution in [0, 0.1) is 6.92 Å². The maximum atomic E-state index is 11.9.